The van der Waals surface area contributed by atoms with Crippen LogP contribution in [0.25, 0.3) is 10.8 Å². The molecule has 0 fully saturated rings. The highest BCUT2D eigenvalue weighted by atomic mass is 16.6. The van der Waals surface area contributed by atoms with Gasteiger partial charge in [0.05, 0.1) is 21.3 Å². The number of hydrogen-bond acceptors (Lipinski definition) is 5. The lowest BCUT2D eigenvalue weighted by Gasteiger charge is -2.05. The van der Waals surface area contributed by atoms with E-state index in [0.29, 0.717) is 34.9 Å². The van der Waals surface area contributed by atoms with Gasteiger partial charge in [-0.25, -0.2) is 0 Å². The van der Waals surface area contributed by atoms with Gasteiger partial charge in [-0.15, -0.1) is 0 Å². The molecule has 1 aliphatic carbocycles. The van der Waals surface area contributed by atoms with Gasteiger partial charge in [0.25, 0.3) is 11.4 Å². The van der Waals surface area contributed by atoms with Crippen LogP contribution in [0.4, 0.5) is 17.1 Å². The molecule has 0 heterocycles. The summed E-state index contributed by atoms with van der Waals surface area (Å²) in [5.74, 6) is 0. The van der Waals surface area contributed by atoms with E-state index in [1.807, 2.05) is 0 Å². The first kappa shape index (κ1) is 11.4. The minimum Gasteiger partial charge on any atom is -0.399 e. The van der Waals surface area contributed by atoms with Gasteiger partial charge in [0.15, 0.2) is 0 Å². The van der Waals surface area contributed by atoms with Crippen molar-refractivity contribution in [3.63, 3.8) is 0 Å². The van der Waals surface area contributed by atoms with E-state index in [4.69, 9.17) is 5.73 Å². The number of nitrogens with zero attached hydrogens (tertiary/aromatic N) is 2. The van der Waals surface area contributed by atoms with Crippen molar-refractivity contribution in [3.8, 4) is 0 Å². The van der Waals surface area contributed by atoms with Gasteiger partial charge in [-0.2, -0.15) is 0 Å². The molecule has 0 bridgehead atoms. The number of nitrogens with two attached hydrogens (primary N) is 1. The van der Waals surface area contributed by atoms with Crippen LogP contribution in [0.5, 0.6) is 0 Å². The van der Waals surface area contributed by atoms with Gasteiger partial charge in [0.1, 0.15) is 0 Å². The van der Waals surface area contributed by atoms with Crippen molar-refractivity contribution in [2.45, 2.75) is 12.8 Å². The Morgan fingerprint density at radius 1 is 1.00 bits per heavy atom. The van der Waals surface area contributed by atoms with E-state index in [1.165, 1.54) is 6.07 Å². The molecule has 7 heteroatoms. The molecule has 0 aliphatic heterocycles. The SMILES string of the molecule is Nc1cc2c3c(c([N+](=O)[O-])cc([N+](=O)[O-])c3c1)CC2. The van der Waals surface area contributed by atoms with Gasteiger partial charge >= 0.3 is 0 Å². The predicted molar refractivity (Wildman–Crippen MR) is 69.1 cm³/mol. The molecule has 96 valence electrons. The van der Waals surface area contributed by atoms with E-state index in [2.05, 4.69) is 0 Å². The van der Waals surface area contributed by atoms with E-state index in [1.54, 1.807) is 6.07 Å². The van der Waals surface area contributed by atoms with E-state index in [-0.39, 0.29) is 11.4 Å². The molecule has 0 amide bonds. The molecule has 0 radical (unpaired) electrons. The molecule has 3 rings (SSSR count). The first-order chi connectivity index (χ1) is 8.99. The summed E-state index contributed by atoms with van der Waals surface area (Å²) in [6.07, 6.45) is 1.14. The molecule has 0 atom stereocenters. The maximum atomic E-state index is 11.1. The molecular weight excluding hydrogens is 250 g/mol. The third-order valence-electron chi connectivity index (χ3n) is 3.44. The van der Waals surface area contributed by atoms with Crippen LogP contribution in [0.15, 0.2) is 18.2 Å². The molecule has 19 heavy (non-hydrogen) atoms. The Morgan fingerprint density at radius 2 is 1.68 bits per heavy atom. The Kier molecular flexibility index (Phi) is 2.19. The lowest BCUT2D eigenvalue weighted by atomic mass is 10.0. The number of aryl methyl sites for hydroxylation is 2. The van der Waals surface area contributed by atoms with Gasteiger partial charge in [-0.05, 0) is 30.5 Å². The normalized spacial score (nSPS) is 12.8. The quantitative estimate of drug-likeness (QED) is 0.505. The summed E-state index contributed by atoms with van der Waals surface area (Å²) >= 11 is 0. The molecule has 1 aliphatic rings. The number of benzene rings is 2. The minimum atomic E-state index is -0.604. The Labute approximate surface area is 106 Å². The van der Waals surface area contributed by atoms with Crippen molar-refractivity contribution in [2.24, 2.45) is 0 Å². The highest BCUT2D eigenvalue weighted by molar-refractivity contribution is 6.01. The van der Waals surface area contributed by atoms with Crippen molar-refractivity contribution in [2.75, 3.05) is 5.73 Å². The molecule has 0 unspecified atom stereocenters. The average Bonchev–Trinajstić information content (AvgIpc) is 2.73. The Bertz CT molecular complexity index is 754. The molecule has 0 aromatic heterocycles. The number of nitrogen functional groups attached to an aromatic ring is 1. The summed E-state index contributed by atoms with van der Waals surface area (Å²) in [4.78, 5) is 21.0. The summed E-state index contributed by atoms with van der Waals surface area (Å²) in [6.45, 7) is 0. The second kappa shape index (κ2) is 3.64. The van der Waals surface area contributed by atoms with Crippen molar-refractivity contribution in [3.05, 3.63) is 49.6 Å². The number of rotatable bonds is 2. The fourth-order valence-electron chi connectivity index (χ4n) is 2.73. The maximum absolute atomic E-state index is 11.1. The van der Waals surface area contributed by atoms with Crippen LogP contribution in [0.1, 0.15) is 11.1 Å². The largest absolute Gasteiger partial charge is 0.399 e. The Balaban J connectivity index is 2.52. The Hall–Kier alpha value is -2.70. The number of nitro benzene ring substituents is 2. The van der Waals surface area contributed by atoms with E-state index >= 15 is 0 Å². The third-order valence-corrected chi connectivity index (χ3v) is 3.44. The van der Waals surface area contributed by atoms with Crippen molar-refractivity contribution in [1.82, 2.24) is 0 Å². The molecule has 0 spiro atoms. The van der Waals surface area contributed by atoms with Gasteiger partial charge in [0.2, 0.25) is 0 Å². The summed E-state index contributed by atoms with van der Waals surface area (Å²) < 4.78 is 0. The van der Waals surface area contributed by atoms with Crippen molar-refractivity contribution < 1.29 is 9.85 Å². The van der Waals surface area contributed by atoms with Gasteiger partial charge in [0, 0.05) is 16.6 Å². The molecule has 0 saturated heterocycles. The fraction of sp³-hybridized carbons (Fsp3) is 0.167. The smallest absolute Gasteiger partial charge is 0.284 e. The highest BCUT2D eigenvalue weighted by Gasteiger charge is 2.30. The van der Waals surface area contributed by atoms with Crippen LogP contribution in [0.3, 0.4) is 0 Å². The van der Waals surface area contributed by atoms with E-state index in [0.717, 1.165) is 11.6 Å². The second-order valence-electron chi connectivity index (χ2n) is 4.51. The fourth-order valence-corrected chi connectivity index (χ4v) is 2.73. The van der Waals surface area contributed by atoms with Crippen molar-refractivity contribution >= 4 is 27.8 Å². The van der Waals surface area contributed by atoms with Crippen molar-refractivity contribution in [1.29, 1.82) is 0 Å². The zero-order valence-electron chi connectivity index (χ0n) is 9.75. The highest BCUT2D eigenvalue weighted by Crippen LogP contribution is 2.42. The van der Waals surface area contributed by atoms with E-state index < -0.39 is 9.85 Å². The summed E-state index contributed by atoms with van der Waals surface area (Å²) in [6, 6.07) is 4.27. The number of hydrogen-bond donors (Lipinski definition) is 1. The van der Waals surface area contributed by atoms with Gasteiger partial charge < -0.3 is 5.73 Å². The number of nitro groups is 2. The molecule has 2 aromatic carbocycles. The zero-order valence-corrected chi connectivity index (χ0v) is 9.75. The average molecular weight is 259 g/mol. The van der Waals surface area contributed by atoms with Crippen LogP contribution < -0.4 is 5.73 Å². The maximum Gasteiger partial charge on any atom is 0.284 e. The van der Waals surface area contributed by atoms with Crippen LogP contribution in [-0.4, -0.2) is 9.85 Å². The summed E-state index contributed by atoms with van der Waals surface area (Å²) in [5.41, 5.74) is 7.14. The van der Waals surface area contributed by atoms with Crippen LogP contribution in [0, 0.1) is 20.2 Å². The molecular formula is C12H9N3O4. The minimum absolute atomic E-state index is 0.178. The number of non-ortho nitro benzene ring substituents is 1. The van der Waals surface area contributed by atoms with E-state index in [9.17, 15) is 20.2 Å². The third kappa shape index (κ3) is 1.51. The molecule has 2 aromatic rings. The monoisotopic (exact) mass is 259 g/mol. The zero-order chi connectivity index (χ0) is 13.7. The van der Waals surface area contributed by atoms with Crippen LogP contribution >= 0.6 is 0 Å². The molecule has 7 nitrogen and oxygen atoms in total. The number of anilines is 1. The van der Waals surface area contributed by atoms with Gasteiger partial charge in [-0.3, -0.25) is 20.2 Å². The Morgan fingerprint density at radius 3 is 2.32 bits per heavy atom. The second-order valence-corrected chi connectivity index (χ2v) is 4.51. The summed E-state index contributed by atoms with van der Waals surface area (Å²) in [5, 5.41) is 23.1. The molecule has 2 N–H and O–H groups in total. The standard InChI is InChI=1S/C12H9N3O4/c13-7-3-6-1-2-8-10(14(16)17)5-11(15(18)19)9(4-7)12(6)8/h3-5H,1-2,13H2. The predicted octanol–water partition coefficient (Wildman–Crippen LogP) is 2.34. The topological polar surface area (TPSA) is 112 Å². The summed E-state index contributed by atoms with van der Waals surface area (Å²) in [7, 11) is 0. The van der Waals surface area contributed by atoms with Crippen LogP contribution in [0.2, 0.25) is 0 Å². The van der Waals surface area contributed by atoms with Crippen LogP contribution in [-0.2, 0) is 12.8 Å². The van der Waals surface area contributed by atoms with Gasteiger partial charge in [-0.1, -0.05) is 0 Å². The first-order valence-corrected chi connectivity index (χ1v) is 5.66. The lowest BCUT2D eigenvalue weighted by Crippen LogP contribution is -1.98. The first-order valence-electron chi connectivity index (χ1n) is 5.66. The lowest BCUT2D eigenvalue weighted by molar-refractivity contribution is -0.393. The molecule has 0 saturated carbocycles.